The minimum Gasteiger partial charge on any atom is -0.368 e. The van der Waals surface area contributed by atoms with Gasteiger partial charge < -0.3 is 10.6 Å². The van der Waals surface area contributed by atoms with E-state index in [9.17, 15) is 13.2 Å². The van der Waals surface area contributed by atoms with E-state index in [-0.39, 0.29) is 22.0 Å². The molecule has 9 heteroatoms. The number of hydrogen-bond acceptors (Lipinski definition) is 6. The third kappa shape index (κ3) is 6.08. The molecule has 1 amide bonds. The lowest BCUT2D eigenvalue weighted by Crippen LogP contribution is -2.41. The molecule has 0 fully saturated rings. The van der Waals surface area contributed by atoms with Gasteiger partial charge in [-0.05, 0) is 57.0 Å². The number of aromatic nitrogens is 2. The van der Waals surface area contributed by atoms with E-state index in [0.717, 1.165) is 5.56 Å². The van der Waals surface area contributed by atoms with E-state index in [0.29, 0.717) is 18.8 Å². The van der Waals surface area contributed by atoms with E-state index in [1.165, 1.54) is 12.1 Å². The summed E-state index contributed by atoms with van der Waals surface area (Å²) in [5.41, 5.74) is 0.872. The fraction of sp³-hybridized carbons (Fsp3) is 0.353. The van der Waals surface area contributed by atoms with Gasteiger partial charge in [-0.3, -0.25) is 4.79 Å². The molecule has 8 nitrogen and oxygen atoms in total. The van der Waals surface area contributed by atoms with Crippen LogP contribution in [0.1, 0.15) is 36.8 Å². The Morgan fingerprint density at radius 1 is 1.08 bits per heavy atom. The van der Waals surface area contributed by atoms with Gasteiger partial charge in [-0.25, -0.2) is 13.6 Å². The van der Waals surface area contributed by atoms with Gasteiger partial charge >= 0.3 is 0 Å². The maximum absolute atomic E-state index is 12.0. The maximum Gasteiger partial charge on any atom is 0.272 e. The molecular weight excluding hydrogens is 354 g/mol. The molecule has 140 valence electrons. The number of primary sulfonamides is 1. The van der Waals surface area contributed by atoms with Crippen molar-refractivity contribution in [3.63, 3.8) is 0 Å². The second kappa shape index (κ2) is 7.79. The average Bonchev–Trinajstić information content (AvgIpc) is 2.53. The Morgan fingerprint density at radius 3 is 2.23 bits per heavy atom. The summed E-state index contributed by atoms with van der Waals surface area (Å²) in [5.74, 6) is 0.282. The molecule has 0 bridgehead atoms. The third-order valence-corrected chi connectivity index (χ3v) is 4.29. The molecule has 1 heterocycles. The number of sulfonamides is 1. The van der Waals surface area contributed by atoms with Gasteiger partial charge in [0.05, 0.1) is 4.90 Å². The summed E-state index contributed by atoms with van der Waals surface area (Å²) in [6.07, 6.45) is 0.666. The van der Waals surface area contributed by atoms with Gasteiger partial charge in [-0.15, -0.1) is 10.2 Å². The normalized spacial score (nSPS) is 11.8. The van der Waals surface area contributed by atoms with Crippen LogP contribution in [0, 0.1) is 0 Å². The van der Waals surface area contributed by atoms with Gasteiger partial charge in [0.2, 0.25) is 10.0 Å². The van der Waals surface area contributed by atoms with Crippen LogP contribution in [0.15, 0.2) is 41.3 Å². The molecule has 1 aromatic carbocycles. The lowest BCUT2D eigenvalue weighted by Gasteiger charge is -2.19. The molecule has 0 atom stereocenters. The highest BCUT2D eigenvalue weighted by Gasteiger charge is 2.16. The standard InChI is InChI=1S/C17H23N5O3S/c1-17(2,3)20-16(23)14-8-9-15(22-21-14)19-11-10-12-4-6-13(7-5-12)26(18,24)25/h4-9H,10-11H2,1-3H3,(H,19,22)(H,20,23)(H2,18,24,25). The first-order valence-corrected chi connectivity index (χ1v) is 9.61. The lowest BCUT2D eigenvalue weighted by atomic mass is 10.1. The van der Waals surface area contributed by atoms with Crippen molar-refractivity contribution in [1.29, 1.82) is 0 Å². The summed E-state index contributed by atoms with van der Waals surface area (Å²) in [6.45, 7) is 6.26. The number of hydrogen-bond donors (Lipinski definition) is 3. The Morgan fingerprint density at radius 2 is 1.73 bits per heavy atom. The van der Waals surface area contributed by atoms with Crippen LogP contribution >= 0.6 is 0 Å². The predicted molar refractivity (Wildman–Crippen MR) is 99.3 cm³/mol. The number of nitrogens with zero attached hydrogens (tertiary/aromatic N) is 2. The summed E-state index contributed by atoms with van der Waals surface area (Å²) in [5, 5.41) is 18.9. The van der Waals surface area contributed by atoms with Crippen LogP contribution in [0.4, 0.5) is 5.82 Å². The average molecular weight is 377 g/mol. The molecule has 0 saturated carbocycles. The summed E-state index contributed by atoms with van der Waals surface area (Å²) in [6, 6.07) is 9.69. The lowest BCUT2D eigenvalue weighted by molar-refractivity contribution is 0.0913. The minimum absolute atomic E-state index is 0.0872. The molecule has 26 heavy (non-hydrogen) atoms. The number of nitrogens with two attached hydrogens (primary N) is 1. The van der Waals surface area contributed by atoms with Gasteiger partial charge in [0.25, 0.3) is 5.91 Å². The van der Waals surface area contributed by atoms with Gasteiger partial charge in [0.1, 0.15) is 5.82 Å². The molecule has 0 saturated heterocycles. The number of amides is 1. The van der Waals surface area contributed by atoms with Gasteiger partial charge in [0.15, 0.2) is 5.69 Å². The van der Waals surface area contributed by atoms with E-state index < -0.39 is 10.0 Å². The molecular formula is C17H23N5O3S. The molecule has 1 aromatic heterocycles. The molecule has 0 radical (unpaired) electrons. The molecule has 0 spiro atoms. The summed E-state index contributed by atoms with van der Waals surface area (Å²) >= 11 is 0. The van der Waals surface area contributed by atoms with Crippen LogP contribution in [0.2, 0.25) is 0 Å². The highest BCUT2D eigenvalue weighted by atomic mass is 32.2. The van der Waals surface area contributed by atoms with Crippen molar-refractivity contribution >= 4 is 21.7 Å². The minimum atomic E-state index is -3.67. The molecule has 0 aliphatic rings. The van der Waals surface area contributed by atoms with Crippen molar-refractivity contribution in [3.05, 3.63) is 47.7 Å². The van der Waals surface area contributed by atoms with E-state index in [1.807, 2.05) is 20.8 Å². The van der Waals surface area contributed by atoms with Gasteiger partial charge in [-0.1, -0.05) is 12.1 Å². The monoisotopic (exact) mass is 377 g/mol. The Kier molecular flexibility index (Phi) is 5.94. The molecule has 0 aliphatic heterocycles. The zero-order valence-corrected chi connectivity index (χ0v) is 15.8. The fourth-order valence-electron chi connectivity index (χ4n) is 2.13. The molecule has 2 rings (SSSR count). The molecule has 0 aliphatic carbocycles. The zero-order chi connectivity index (χ0) is 19.4. The number of anilines is 1. The first-order chi connectivity index (χ1) is 12.0. The van der Waals surface area contributed by atoms with Crippen molar-refractivity contribution in [3.8, 4) is 0 Å². The van der Waals surface area contributed by atoms with Crippen molar-refractivity contribution in [2.45, 2.75) is 37.6 Å². The number of nitrogens with one attached hydrogen (secondary N) is 2. The summed E-state index contributed by atoms with van der Waals surface area (Å²) in [4.78, 5) is 12.1. The van der Waals surface area contributed by atoms with E-state index >= 15 is 0 Å². The van der Waals surface area contributed by atoms with Crippen LogP contribution in [-0.2, 0) is 16.4 Å². The summed E-state index contributed by atoms with van der Waals surface area (Å²) in [7, 11) is -3.67. The number of carbonyl (C=O) groups is 1. The topological polar surface area (TPSA) is 127 Å². The van der Waals surface area contributed by atoms with Crippen LogP contribution in [0.25, 0.3) is 0 Å². The van der Waals surface area contributed by atoms with Crippen molar-refractivity contribution in [2.75, 3.05) is 11.9 Å². The molecule has 0 unspecified atom stereocenters. The highest BCUT2D eigenvalue weighted by molar-refractivity contribution is 7.89. The molecule has 4 N–H and O–H groups in total. The second-order valence-corrected chi connectivity index (χ2v) is 8.44. The Hall–Kier alpha value is -2.52. The van der Waals surface area contributed by atoms with Crippen LogP contribution < -0.4 is 15.8 Å². The van der Waals surface area contributed by atoms with Crippen molar-refractivity contribution in [2.24, 2.45) is 5.14 Å². The van der Waals surface area contributed by atoms with E-state index in [2.05, 4.69) is 20.8 Å². The number of rotatable bonds is 6. The van der Waals surface area contributed by atoms with Crippen LogP contribution in [0.3, 0.4) is 0 Å². The van der Waals surface area contributed by atoms with Crippen LogP contribution in [-0.4, -0.2) is 36.6 Å². The maximum atomic E-state index is 12.0. The summed E-state index contributed by atoms with van der Waals surface area (Å²) < 4.78 is 22.4. The Labute approximate surface area is 153 Å². The number of benzene rings is 1. The molecule has 2 aromatic rings. The quantitative estimate of drug-likeness (QED) is 0.696. The smallest absolute Gasteiger partial charge is 0.272 e. The van der Waals surface area contributed by atoms with Gasteiger partial charge in [-0.2, -0.15) is 0 Å². The Balaban J connectivity index is 1.87. The zero-order valence-electron chi connectivity index (χ0n) is 15.0. The first-order valence-electron chi connectivity index (χ1n) is 8.06. The highest BCUT2D eigenvalue weighted by Crippen LogP contribution is 2.10. The van der Waals surface area contributed by atoms with Gasteiger partial charge in [0, 0.05) is 12.1 Å². The second-order valence-electron chi connectivity index (χ2n) is 6.87. The predicted octanol–water partition coefficient (Wildman–Crippen LogP) is 1.31. The third-order valence-electron chi connectivity index (χ3n) is 3.36. The SMILES string of the molecule is CC(C)(C)NC(=O)c1ccc(NCCc2ccc(S(N)(=O)=O)cc2)nn1. The Bertz CT molecular complexity index is 857. The number of carbonyl (C=O) groups excluding carboxylic acids is 1. The first kappa shape index (κ1) is 19.8. The van der Waals surface area contributed by atoms with E-state index in [4.69, 9.17) is 5.14 Å². The van der Waals surface area contributed by atoms with Crippen LogP contribution in [0.5, 0.6) is 0 Å². The fourth-order valence-corrected chi connectivity index (χ4v) is 2.65. The largest absolute Gasteiger partial charge is 0.368 e. The van der Waals surface area contributed by atoms with Crippen molar-refractivity contribution < 1.29 is 13.2 Å². The van der Waals surface area contributed by atoms with Crippen molar-refractivity contribution in [1.82, 2.24) is 15.5 Å². The van der Waals surface area contributed by atoms with E-state index in [1.54, 1.807) is 24.3 Å².